The summed E-state index contributed by atoms with van der Waals surface area (Å²) in [5, 5.41) is 0. The Labute approximate surface area is 97.7 Å². The molecule has 1 unspecified atom stereocenters. The Hall–Kier alpha value is 0.230. The first-order valence-corrected chi connectivity index (χ1v) is 6.85. The van der Waals surface area contributed by atoms with Crippen LogP contribution in [0.5, 0.6) is 0 Å². The van der Waals surface area contributed by atoms with Gasteiger partial charge in [-0.1, -0.05) is 0 Å². The fourth-order valence-corrected chi connectivity index (χ4v) is 3.81. The lowest BCUT2D eigenvalue weighted by molar-refractivity contribution is 0.0493. The lowest BCUT2D eigenvalue weighted by Gasteiger charge is -2.42. The van der Waals surface area contributed by atoms with Crippen molar-refractivity contribution in [2.75, 3.05) is 38.3 Å². The minimum absolute atomic E-state index is 0.220. The SMILES string of the molecule is COCCN(C(C)C)C1(CN)CCSC1. The molecule has 0 saturated carbocycles. The molecule has 90 valence electrons. The van der Waals surface area contributed by atoms with Crippen molar-refractivity contribution in [2.24, 2.45) is 5.73 Å². The van der Waals surface area contributed by atoms with E-state index in [0.717, 1.165) is 19.7 Å². The fourth-order valence-electron chi connectivity index (χ4n) is 2.33. The van der Waals surface area contributed by atoms with Crippen LogP contribution in [-0.2, 0) is 4.74 Å². The van der Waals surface area contributed by atoms with Crippen LogP contribution in [0.4, 0.5) is 0 Å². The van der Waals surface area contributed by atoms with Crippen LogP contribution in [0.3, 0.4) is 0 Å². The van der Waals surface area contributed by atoms with E-state index in [0.29, 0.717) is 6.04 Å². The molecule has 3 nitrogen and oxygen atoms in total. The van der Waals surface area contributed by atoms with Gasteiger partial charge in [0.25, 0.3) is 0 Å². The topological polar surface area (TPSA) is 38.5 Å². The van der Waals surface area contributed by atoms with Crippen molar-refractivity contribution in [1.29, 1.82) is 0 Å². The second kappa shape index (κ2) is 6.09. The average Bonchev–Trinajstić information content (AvgIpc) is 2.68. The molecule has 0 aromatic rings. The van der Waals surface area contributed by atoms with Crippen molar-refractivity contribution in [3.63, 3.8) is 0 Å². The molecule has 1 aliphatic heterocycles. The van der Waals surface area contributed by atoms with Crippen molar-refractivity contribution in [1.82, 2.24) is 4.90 Å². The van der Waals surface area contributed by atoms with Gasteiger partial charge in [-0.25, -0.2) is 0 Å². The van der Waals surface area contributed by atoms with E-state index in [4.69, 9.17) is 10.5 Å². The number of hydrogen-bond acceptors (Lipinski definition) is 4. The summed E-state index contributed by atoms with van der Waals surface area (Å²) >= 11 is 2.02. The monoisotopic (exact) mass is 232 g/mol. The smallest absolute Gasteiger partial charge is 0.0590 e. The lowest BCUT2D eigenvalue weighted by Crippen LogP contribution is -2.57. The summed E-state index contributed by atoms with van der Waals surface area (Å²) < 4.78 is 5.18. The molecule has 0 amide bonds. The largest absolute Gasteiger partial charge is 0.383 e. The molecule has 1 heterocycles. The van der Waals surface area contributed by atoms with Gasteiger partial charge >= 0.3 is 0 Å². The molecule has 1 fully saturated rings. The highest BCUT2D eigenvalue weighted by atomic mass is 32.2. The maximum Gasteiger partial charge on any atom is 0.0590 e. The summed E-state index contributed by atoms with van der Waals surface area (Å²) in [5.74, 6) is 2.42. The zero-order chi connectivity index (χ0) is 11.3. The molecule has 1 atom stereocenters. The molecule has 0 aliphatic carbocycles. The molecule has 1 saturated heterocycles. The van der Waals surface area contributed by atoms with Gasteiger partial charge in [-0.05, 0) is 26.0 Å². The van der Waals surface area contributed by atoms with E-state index in [-0.39, 0.29) is 5.54 Å². The predicted molar refractivity (Wildman–Crippen MR) is 67.4 cm³/mol. The minimum atomic E-state index is 0.220. The Balaban J connectivity index is 2.66. The van der Waals surface area contributed by atoms with E-state index in [1.807, 2.05) is 11.8 Å². The van der Waals surface area contributed by atoms with Gasteiger partial charge in [0.1, 0.15) is 0 Å². The van der Waals surface area contributed by atoms with E-state index in [1.165, 1.54) is 17.9 Å². The van der Waals surface area contributed by atoms with E-state index >= 15 is 0 Å². The normalized spacial score (nSPS) is 26.8. The van der Waals surface area contributed by atoms with Crippen LogP contribution in [-0.4, -0.2) is 54.8 Å². The number of hydrogen-bond donors (Lipinski definition) is 1. The Morgan fingerprint density at radius 1 is 1.53 bits per heavy atom. The highest BCUT2D eigenvalue weighted by molar-refractivity contribution is 7.99. The van der Waals surface area contributed by atoms with Crippen molar-refractivity contribution < 1.29 is 4.74 Å². The number of ether oxygens (including phenoxy) is 1. The van der Waals surface area contributed by atoms with Gasteiger partial charge in [0.05, 0.1) is 6.61 Å². The van der Waals surface area contributed by atoms with Crippen LogP contribution in [0.2, 0.25) is 0 Å². The van der Waals surface area contributed by atoms with Crippen LogP contribution in [0.15, 0.2) is 0 Å². The van der Waals surface area contributed by atoms with Crippen LogP contribution in [0.1, 0.15) is 20.3 Å². The summed E-state index contributed by atoms with van der Waals surface area (Å²) in [6, 6.07) is 0.544. The maximum absolute atomic E-state index is 5.98. The summed E-state index contributed by atoms with van der Waals surface area (Å²) in [7, 11) is 1.76. The van der Waals surface area contributed by atoms with Gasteiger partial charge in [0, 0.05) is 37.5 Å². The van der Waals surface area contributed by atoms with Crippen LogP contribution in [0, 0.1) is 0 Å². The molecule has 0 aromatic carbocycles. The Morgan fingerprint density at radius 3 is 2.67 bits per heavy atom. The van der Waals surface area contributed by atoms with Gasteiger partial charge in [-0.3, -0.25) is 4.90 Å². The summed E-state index contributed by atoms with van der Waals surface area (Å²) in [6.45, 7) is 7.05. The molecule has 0 bridgehead atoms. The lowest BCUT2D eigenvalue weighted by atomic mass is 9.95. The van der Waals surface area contributed by atoms with Gasteiger partial charge in [-0.2, -0.15) is 11.8 Å². The highest BCUT2D eigenvalue weighted by Crippen LogP contribution is 2.33. The van der Waals surface area contributed by atoms with E-state index in [2.05, 4.69) is 18.7 Å². The fraction of sp³-hybridized carbons (Fsp3) is 1.00. The van der Waals surface area contributed by atoms with Crippen LogP contribution in [0.25, 0.3) is 0 Å². The maximum atomic E-state index is 5.98. The third-order valence-corrected chi connectivity index (χ3v) is 4.47. The van der Waals surface area contributed by atoms with Crippen molar-refractivity contribution in [3.8, 4) is 0 Å². The molecular formula is C11H24N2OS. The number of nitrogens with zero attached hydrogens (tertiary/aromatic N) is 1. The average molecular weight is 232 g/mol. The van der Waals surface area contributed by atoms with Gasteiger partial charge in [0.2, 0.25) is 0 Å². The van der Waals surface area contributed by atoms with Crippen molar-refractivity contribution in [3.05, 3.63) is 0 Å². The van der Waals surface area contributed by atoms with Gasteiger partial charge < -0.3 is 10.5 Å². The van der Waals surface area contributed by atoms with Crippen molar-refractivity contribution in [2.45, 2.75) is 31.8 Å². The molecule has 4 heteroatoms. The van der Waals surface area contributed by atoms with Crippen molar-refractivity contribution >= 4 is 11.8 Å². The molecule has 1 aliphatic rings. The molecule has 0 radical (unpaired) electrons. The quantitative estimate of drug-likeness (QED) is 0.746. The van der Waals surface area contributed by atoms with Crippen LogP contribution >= 0.6 is 11.8 Å². The number of methoxy groups -OCH3 is 1. The third kappa shape index (κ3) is 3.09. The Bertz CT molecular complexity index is 181. The zero-order valence-corrected chi connectivity index (χ0v) is 11.0. The molecular weight excluding hydrogens is 208 g/mol. The van der Waals surface area contributed by atoms with E-state index < -0.39 is 0 Å². The standard InChI is InChI=1S/C11H24N2OS/c1-10(2)13(5-6-14-3)11(8-12)4-7-15-9-11/h10H,4-9,12H2,1-3H3. The molecule has 0 aromatic heterocycles. The second-order valence-electron chi connectivity index (χ2n) is 4.51. The molecule has 15 heavy (non-hydrogen) atoms. The summed E-state index contributed by atoms with van der Waals surface area (Å²) in [6.07, 6.45) is 1.22. The third-order valence-electron chi connectivity index (χ3n) is 3.23. The first kappa shape index (κ1) is 13.3. The predicted octanol–water partition coefficient (Wildman–Crippen LogP) is 1.18. The first-order valence-electron chi connectivity index (χ1n) is 5.70. The summed E-state index contributed by atoms with van der Waals surface area (Å²) in [4.78, 5) is 2.52. The number of thioether (sulfide) groups is 1. The van der Waals surface area contributed by atoms with Gasteiger partial charge in [-0.15, -0.1) is 0 Å². The highest BCUT2D eigenvalue weighted by Gasteiger charge is 2.39. The Morgan fingerprint density at radius 2 is 2.27 bits per heavy atom. The summed E-state index contributed by atoms with van der Waals surface area (Å²) in [5.41, 5.74) is 6.20. The number of rotatable bonds is 6. The van der Waals surface area contributed by atoms with E-state index in [9.17, 15) is 0 Å². The molecule has 2 N–H and O–H groups in total. The second-order valence-corrected chi connectivity index (χ2v) is 5.62. The number of nitrogens with two attached hydrogens (primary N) is 1. The Kier molecular flexibility index (Phi) is 5.39. The first-order chi connectivity index (χ1) is 7.16. The van der Waals surface area contributed by atoms with E-state index in [1.54, 1.807) is 7.11 Å². The van der Waals surface area contributed by atoms with Crippen LogP contribution < -0.4 is 5.73 Å². The van der Waals surface area contributed by atoms with Gasteiger partial charge in [0.15, 0.2) is 0 Å². The molecule has 0 spiro atoms. The molecule has 1 rings (SSSR count). The zero-order valence-electron chi connectivity index (χ0n) is 10.2. The minimum Gasteiger partial charge on any atom is -0.383 e.